The Morgan fingerprint density at radius 3 is 2.75 bits per heavy atom. The van der Waals surface area contributed by atoms with Gasteiger partial charge >= 0.3 is 6.03 Å². The summed E-state index contributed by atoms with van der Waals surface area (Å²) in [5, 5.41) is 2.31. The Labute approximate surface area is 187 Å². The number of urea groups is 1. The molecule has 0 spiro atoms. The normalized spacial score (nSPS) is 23.9. The minimum atomic E-state index is -3.51. The molecule has 1 saturated carbocycles. The van der Waals surface area contributed by atoms with Crippen LogP contribution in [0.25, 0.3) is 0 Å². The molecule has 3 fully saturated rings. The van der Waals surface area contributed by atoms with Crippen molar-refractivity contribution < 1.29 is 27.1 Å². The Morgan fingerprint density at radius 2 is 2.03 bits per heavy atom. The number of halogens is 1. The summed E-state index contributed by atoms with van der Waals surface area (Å²) in [6.45, 7) is 2.75. The van der Waals surface area contributed by atoms with Crippen molar-refractivity contribution in [2.75, 3.05) is 18.9 Å². The molecule has 2 unspecified atom stereocenters. The van der Waals surface area contributed by atoms with Crippen LogP contribution < -0.4 is 14.8 Å². The van der Waals surface area contributed by atoms with Crippen LogP contribution in [0.5, 0.6) is 5.75 Å². The molecule has 176 valence electrons. The third-order valence-electron chi connectivity index (χ3n) is 6.44. The second-order valence-electron chi connectivity index (χ2n) is 9.16. The van der Waals surface area contributed by atoms with E-state index in [9.17, 15) is 22.4 Å². The van der Waals surface area contributed by atoms with Crippen molar-refractivity contribution in [1.82, 2.24) is 14.9 Å². The number of fused-ring (bicyclic) bond motifs is 1. The minimum absolute atomic E-state index is 0.0111. The molecule has 32 heavy (non-hydrogen) atoms. The molecule has 2 saturated heterocycles. The predicted molar refractivity (Wildman–Crippen MR) is 116 cm³/mol. The number of benzene rings is 1. The zero-order valence-corrected chi connectivity index (χ0v) is 19.0. The largest absolute Gasteiger partial charge is 0.490 e. The maximum Gasteiger partial charge on any atom is 0.324 e. The van der Waals surface area contributed by atoms with Crippen molar-refractivity contribution in [3.8, 4) is 5.75 Å². The van der Waals surface area contributed by atoms with E-state index in [0.717, 1.165) is 19.3 Å². The summed E-state index contributed by atoms with van der Waals surface area (Å²) in [7, 11) is -3.51. The molecule has 3 amide bonds. The molecule has 10 heteroatoms. The lowest BCUT2D eigenvalue weighted by molar-refractivity contribution is -0.121. The van der Waals surface area contributed by atoms with Crippen LogP contribution in [0.15, 0.2) is 18.2 Å². The lowest BCUT2D eigenvalue weighted by Crippen LogP contribution is -2.30. The van der Waals surface area contributed by atoms with E-state index in [0.29, 0.717) is 43.9 Å². The fourth-order valence-corrected chi connectivity index (χ4v) is 5.76. The van der Waals surface area contributed by atoms with Gasteiger partial charge in [0, 0.05) is 12.6 Å². The first kappa shape index (κ1) is 23.0. The smallest absolute Gasteiger partial charge is 0.324 e. The highest BCUT2D eigenvalue weighted by Crippen LogP contribution is 2.32. The molecule has 0 radical (unpaired) electrons. The van der Waals surface area contributed by atoms with Gasteiger partial charge in [-0.2, -0.15) is 0 Å². The number of hydrogen-bond acceptors (Lipinski definition) is 5. The highest BCUT2D eigenvalue weighted by molar-refractivity contribution is 7.89. The van der Waals surface area contributed by atoms with Gasteiger partial charge in [-0.1, -0.05) is 12.5 Å². The number of nitrogens with one attached hydrogen (secondary N) is 2. The molecule has 3 atom stereocenters. The van der Waals surface area contributed by atoms with Crippen molar-refractivity contribution in [3.63, 3.8) is 0 Å². The van der Waals surface area contributed by atoms with Gasteiger partial charge in [-0.15, -0.1) is 0 Å². The Bertz CT molecular complexity index is 960. The monoisotopic (exact) mass is 467 g/mol. The second-order valence-corrected chi connectivity index (χ2v) is 11.0. The highest BCUT2D eigenvalue weighted by Gasteiger charge is 2.45. The van der Waals surface area contributed by atoms with Gasteiger partial charge in [0.05, 0.1) is 12.4 Å². The van der Waals surface area contributed by atoms with Gasteiger partial charge < -0.3 is 9.64 Å². The average molecular weight is 468 g/mol. The molecule has 2 N–H and O–H groups in total. The number of hydrogen-bond donors (Lipinski definition) is 2. The van der Waals surface area contributed by atoms with Gasteiger partial charge in [0.25, 0.3) is 5.91 Å². The number of rotatable bonds is 11. The predicted octanol–water partition coefficient (Wildman–Crippen LogP) is 2.71. The summed E-state index contributed by atoms with van der Waals surface area (Å²) < 4.78 is 47.2. The second kappa shape index (κ2) is 9.35. The average Bonchev–Trinajstić information content (AvgIpc) is 3.40. The van der Waals surface area contributed by atoms with Crippen LogP contribution in [0, 0.1) is 17.7 Å². The van der Waals surface area contributed by atoms with Crippen LogP contribution in [0.4, 0.5) is 9.18 Å². The molecule has 3 aliphatic rings. The zero-order valence-electron chi connectivity index (χ0n) is 18.2. The van der Waals surface area contributed by atoms with Gasteiger partial charge in [-0.05, 0) is 68.6 Å². The van der Waals surface area contributed by atoms with Crippen molar-refractivity contribution in [2.45, 2.75) is 57.5 Å². The van der Waals surface area contributed by atoms with Crippen LogP contribution in [-0.2, 0) is 14.8 Å². The van der Waals surface area contributed by atoms with E-state index in [1.165, 1.54) is 6.07 Å². The molecular formula is C22H30FN3O5S. The van der Waals surface area contributed by atoms with Gasteiger partial charge in [-0.25, -0.2) is 22.3 Å². The summed E-state index contributed by atoms with van der Waals surface area (Å²) in [5.41, 5.74) is 0.648. The summed E-state index contributed by atoms with van der Waals surface area (Å²) >= 11 is 0. The maximum atomic E-state index is 14.0. The highest BCUT2D eigenvalue weighted by atomic mass is 32.2. The lowest BCUT2D eigenvalue weighted by Gasteiger charge is -2.17. The number of ether oxygens (including phenoxy) is 1. The van der Waals surface area contributed by atoms with Crippen LogP contribution >= 0.6 is 0 Å². The van der Waals surface area contributed by atoms with Crippen LogP contribution in [0.2, 0.25) is 0 Å². The Kier molecular flexibility index (Phi) is 6.71. The Morgan fingerprint density at radius 1 is 1.25 bits per heavy atom. The van der Waals surface area contributed by atoms with Gasteiger partial charge in [0.2, 0.25) is 10.0 Å². The SMILES string of the molecule is C[C@@H](NS(=O)(=O)CCCCC1CC2C(=O)NC(=O)N2C1)c1ccc(F)c(OCC2CC2)c1. The van der Waals surface area contributed by atoms with Gasteiger partial charge in [0.15, 0.2) is 11.6 Å². The van der Waals surface area contributed by atoms with E-state index in [-0.39, 0.29) is 35.4 Å². The zero-order chi connectivity index (χ0) is 22.9. The molecule has 1 aromatic carbocycles. The molecular weight excluding hydrogens is 437 g/mol. The Hall–Kier alpha value is -2.20. The van der Waals surface area contributed by atoms with E-state index in [4.69, 9.17) is 4.74 Å². The number of amides is 3. The van der Waals surface area contributed by atoms with Gasteiger partial charge in [-0.3, -0.25) is 10.1 Å². The first-order valence-corrected chi connectivity index (χ1v) is 12.9. The van der Waals surface area contributed by atoms with Crippen molar-refractivity contribution >= 4 is 22.0 Å². The van der Waals surface area contributed by atoms with E-state index in [2.05, 4.69) is 10.0 Å². The maximum absolute atomic E-state index is 14.0. The van der Waals surface area contributed by atoms with Crippen LogP contribution in [-0.4, -0.2) is 50.2 Å². The lowest BCUT2D eigenvalue weighted by atomic mass is 9.99. The number of sulfonamides is 1. The molecule has 4 rings (SSSR count). The topological polar surface area (TPSA) is 105 Å². The van der Waals surface area contributed by atoms with E-state index in [1.54, 1.807) is 24.0 Å². The van der Waals surface area contributed by atoms with Crippen molar-refractivity contribution in [2.24, 2.45) is 11.8 Å². The van der Waals surface area contributed by atoms with E-state index in [1.807, 2.05) is 0 Å². The summed E-state index contributed by atoms with van der Waals surface area (Å²) in [4.78, 5) is 25.0. The fraction of sp³-hybridized carbons (Fsp3) is 0.636. The quantitative estimate of drug-likeness (QED) is 0.385. The molecule has 1 aliphatic carbocycles. The molecule has 0 bridgehead atoms. The van der Waals surface area contributed by atoms with Crippen LogP contribution in [0.3, 0.4) is 0 Å². The number of imide groups is 1. The molecule has 2 heterocycles. The van der Waals surface area contributed by atoms with Crippen molar-refractivity contribution in [1.29, 1.82) is 0 Å². The van der Waals surface area contributed by atoms with Gasteiger partial charge in [0.1, 0.15) is 6.04 Å². The Balaban J connectivity index is 1.21. The minimum Gasteiger partial charge on any atom is -0.490 e. The fourth-order valence-electron chi connectivity index (χ4n) is 4.38. The first-order valence-electron chi connectivity index (χ1n) is 11.3. The molecule has 8 nitrogen and oxygen atoms in total. The number of nitrogens with zero attached hydrogens (tertiary/aromatic N) is 1. The van der Waals surface area contributed by atoms with E-state index >= 15 is 0 Å². The van der Waals surface area contributed by atoms with Crippen molar-refractivity contribution in [3.05, 3.63) is 29.6 Å². The van der Waals surface area contributed by atoms with E-state index < -0.39 is 21.9 Å². The number of carbonyl (C=O) groups excluding carboxylic acids is 2. The summed E-state index contributed by atoms with van der Waals surface area (Å²) in [5.74, 6) is 0.175. The van der Waals surface area contributed by atoms with Crippen LogP contribution in [0.1, 0.15) is 57.1 Å². The molecule has 0 aromatic heterocycles. The molecule has 1 aromatic rings. The molecule has 2 aliphatic heterocycles. The summed E-state index contributed by atoms with van der Waals surface area (Å²) in [6, 6.07) is 3.23. The third kappa shape index (κ3) is 5.58. The first-order chi connectivity index (χ1) is 15.2. The third-order valence-corrected chi connectivity index (χ3v) is 7.98. The number of unbranched alkanes of at least 4 members (excludes halogenated alkanes) is 1. The number of carbonyl (C=O) groups is 2. The standard InChI is InChI=1S/C22H30FN3O5S/c1-14(17-7-8-18(23)20(11-17)31-13-15-5-6-15)25-32(29,30)9-3-2-4-16-10-19-21(27)24-22(28)26(19)12-16/h7-8,11,14-16,19,25H,2-6,9-10,12-13H2,1H3,(H,24,27,28)/t14-,16?,19?/m1/s1. The summed E-state index contributed by atoms with van der Waals surface area (Å²) in [6.07, 6.45) is 4.80.